The summed E-state index contributed by atoms with van der Waals surface area (Å²) in [7, 11) is 3.00. The molecule has 1 heterocycles. The number of nitrogens with one attached hydrogen (secondary N) is 2. The number of rotatable bonds is 8. The van der Waals surface area contributed by atoms with Crippen molar-refractivity contribution >= 4 is 17.5 Å². The third-order valence-electron chi connectivity index (χ3n) is 3.40. The normalized spacial score (nSPS) is 10.1. The summed E-state index contributed by atoms with van der Waals surface area (Å²) in [5.41, 5.74) is 0.314. The molecule has 1 amide bonds. The SMILES string of the molecule is CCCCNc1ccc(NC(=O)c2c(OC)cccc2OC)nn1. The van der Waals surface area contributed by atoms with Gasteiger partial charge in [-0.2, -0.15) is 0 Å². The van der Waals surface area contributed by atoms with E-state index < -0.39 is 0 Å². The maximum absolute atomic E-state index is 12.5. The molecule has 0 atom stereocenters. The number of amides is 1. The van der Waals surface area contributed by atoms with Crippen molar-refractivity contribution in [3.63, 3.8) is 0 Å². The first-order chi connectivity index (χ1) is 11.7. The maximum Gasteiger partial charge on any atom is 0.264 e. The molecule has 0 saturated heterocycles. The summed E-state index contributed by atoms with van der Waals surface area (Å²) in [6, 6.07) is 8.62. The summed E-state index contributed by atoms with van der Waals surface area (Å²) < 4.78 is 10.5. The van der Waals surface area contributed by atoms with Crippen molar-refractivity contribution in [1.82, 2.24) is 10.2 Å². The van der Waals surface area contributed by atoms with Crippen molar-refractivity contribution in [2.75, 3.05) is 31.4 Å². The number of hydrogen-bond donors (Lipinski definition) is 2. The van der Waals surface area contributed by atoms with Crippen LogP contribution in [0.2, 0.25) is 0 Å². The molecule has 24 heavy (non-hydrogen) atoms. The van der Waals surface area contributed by atoms with E-state index in [4.69, 9.17) is 9.47 Å². The number of hydrogen-bond acceptors (Lipinski definition) is 6. The smallest absolute Gasteiger partial charge is 0.264 e. The summed E-state index contributed by atoms with van der Waals surface area (Å²) >= 11 is 0. The van der Waals surface area contributed by atoms with E-state index in [9.17, 15) is 4.79 Å². The molecule has 2 rings (SSSR count). The Morgan fingerprint density at radius 3 is 2.21 bits per heavy atom. The molecule has 128 valence electrons. The predicted molar refractivity (Wildman–Crippen MR) is 92.9 cm³/mol. The van der Waals surface area contributed by atoms with Crippen LogP contribution in [0.5, 0.6) is 11.5 Å². The lowest BCUT2D eigenvalue weighted by atomic mass is 10.1. The van der Waals surface area contributed by atoms with E-state index in [1.54, 1.807) is 30.3 Å². The highest BCUT2D eigenvalue weighted by atomic mass is 16.5. The maximum atomic E-state index is 12.5. The molecule has 0 saturated carbocycles. The summed E-state index contributed by atoms with van der Waals surface area (Å²) in [5, 5.41) is 13.9. The summed E-state index contributed by atoms with van der Waals surface area (Å²) in [6.07, 6.45) is 2.17. The molecule has 0 aliphatic carbocycles. The van der Waals surface area contributed by atoms with Gasteiger partial charge in [-0.3, -0.25) is 4.79 Å². The number of benzene rings is 1. The van der Waals surface area contributed by atoms with Gasteiger partial charge in [0.15, 0.2) is 5.82 Å². The van der Waals surface area contributed by atoms with Crippen LogP contribution >= 0.6 is 0 Å². The average molecular weight is 330 g/mol. The number of anilines is 2. The van der Waals surface area contributed by atoms with Gasteiger partial charge >= 0.3 is 0 Å². The van der Waals surface area contributed by atoms with Gasteiger partial charge in [0.2, 0.25) is 0 Å². The van der Waals surface area contributed by atoms with Crippen LogP contribution in [0, 0.1) is 0 Å². The number of ether oxygens (including phenoxy) is 2. The quantitative estimate of drug-likeness (QED) is 0.724. The number of nitrogens with zero attached hydrogens (tertiary/aromatic N) is 2. The monoisotopic (exact) mass is 330 g/mol. The molecule has 7 nitrogen and oxygen atoms in total. The van der Waals surface area contributed by atoms with Gasteiger partial charge in [-0.15, -0.1) is 10.2 Å². The standard InChI is InChI=1S/C17H22N4O3/c1-4-5-11-18-14-9-10-15(21-20-14)19-17(22)16-12(23-2)7-6-8-13(16)24-3/h6-10H,4-5,11H2,1-3H3,(H,18,20)(H,19,21,22). The van der Waals surface area contributed by atoms with Crippen LogP contribution in [0.1, 0.15) is 30.1 Å². The summed E-state index contributed by atoms with van der Waals surface area (Å²) in [5.74, 6) is 1.52. The van der Waals surface area contributed by atoms with Crippen LogP contribution in [0.4, 0.5) is 11.6 Å². The zero-order valence-corrected chi connectivity index (χ0v) is 14.1. The molecule has 0 unspecified atom stereocenters. The fourth-order valence-electron chi connectivity index (χ4n) is 2.14. The van der Waals surface area contributed by atoms with Gasteiger partial charge in [-0.1, -0.05) is 19.4 Å². The Morgan fingerprint density at radius 1 is 1.04 bits per heavy atom. The molecular weight excluding hydrogens is 308 g/mol. The van der Waals surface area contributed by atoms with E-state index in [2.05, 4.69) is 27.8 Å². The van der Waals surface area contributed by atoms with Crippen LogP contribution in [0.15, 0.2) is 30.3 Å². The average Bonchev–Trinajstić information content (AvgIpc) is 2.62. The third-order valence-corrected chi connectivity index (χ3v) is 3.40. The van der Waals surface area contributed by atoms with Crippen LogP contribution < -0.4 is 20.1 Å². The zero-order valence-electron chi connectivity index (χ0n) is 14.1. The Morgan fingerprint density at radius 2 is 1.67 bits per heavy atom. The molecule has 7 heteroatoms. The molecule has 0 bridgehead atoms. The molecule has 0 radical (unpaired) electrons. The molecular formula is C17H22N4O3. The van der Waals surface area contributed by atoms with Crippen molar-refractivity contribution in [2.45, 2.75) is 19.8 Å². The van der Waals surface area contributed by atoms with E-state index in [0.717, 1.165) is 19.4 Å². The Kier molecular flexibility index (Phi) is 6.36. The van der Waals surface area contributed by atoms with E-state index in [1.165, 1.54) is 14.2 Å². The predicted octanol–water partition coefficient (Wildman–Crippen LogP) is 2.96. The minimum atomic E-state index is -0.370. The zero-order chi connectivity index (χ0) is 17.4. The summed E-state index contributed by atoms with van der Waals surface area (Å²) in [6.45, 7) is 2.97. The topological polar surface area (TPSA) is 85.4 Å². The largest absolute Gasteiger partial charge is 0.496 e. The summed E-state index contributed by atoms with van der Waals surface area (Å²) in [4.78, 5) is 12.5. The van der Waals surface area contributed by atoms with Gasteiger partial charge in [0.25, 0.3) is 5.91 Å². The van der Waals surface area contributed by atoms with Crippen LogP contribution in [-0.2, 0) is 0 Å². The molecule has 0 aliphatic heterocycles. The van der Waals surface area contributed by atoms with Gasteiger partial charge in [-0.25, -0.2) is 0 Å². The third kappa shape index (κ3) is 4.34. The molecule has 2 N–H and O–H groups in total. The van der Waals surface area contributed by atoms with Gasteiger partial charge in [0, 0.05) is 6.54 Å². The van der Waals surface area contributed by atoms with Crippen molar-refractivity contribution in [1.29, 1.82) is 0 Å². The first-order valence-electron chi connectivity index (χ1n) is 7.79. The Balaban J connectivity index is 2.10. The minimum Gasteiger partial charge on any atom is -0.496 e. The lowest BCUT2D eigenvalue weighted by Gasteiger charge is -2.12. The fraction of sp³-hybridized carbons (Fsp3) is 0.353. The number of carbonyl (C=O) groups excluding carboxylic acids is 1. The van der Waals surface area contributed by atoms with E-state index in [1.807, 2.05) is 0 Å². The molecule has 0 aliphatic rings. The van der Waals surface area contributed by atoms with Crippen molar-refractivity contribution in [3.05, 3.63) is 35.9 Å². The van der Waals surface area contributed by atoms with Crippen molar-refractivity contribution in [2.24, 2.45) is 0 Å². The van der Waals surface area contributed by atoms with Gasteiger partial charge in [0.05, 0.1) is 14.2 Å². The van der Waals surface area contributed by atoms with Crippen LogP contribution in [0.3, 0.4) is 0 Å². The molecule has 0 spiro atoms. The highest BCUT2D eigenvalue weighted by molar-refractivity contribution is 6.07. The fourth-order valence-corrected chi connectivity index (χ4v) is 2.14. The number of carbonyl (C=O) groups is 1. The second kappa shape index (κ2) is 8.71. The van der Waals surface area contributed by atoms with Crippen molar-refractivity contribution < 1.29 is 14.3 Å². The van der Waals surface area contributed by atoms with Gasteiger partial charge in [-0.05, 0) is 30.7 Å². The Hall–Kier alpha value is -2.83. The van der Waals surface area contributed by atoms with Gasteiger partial charge < -0.3 is 20.1 Å². The van der Waals surface area contributed by atoms with Crippen LogP contribution in [0.25, 0.3) is 0 Å². The van der Waals surface area contributed by atoms with E-state index >= 15 is 0 Å². The van der Waals surface area contributed by atoms with Crippen molar-refractivity contribution in [3.8, 4) is 11.5 Å². The highest BCUT2D eigenvalue weighted by Gasteiger charge is 2.18. The van der Waals surface area contributed by atoms with Crippen LogP contribution in [-0.4, -0.2) is 36.9 Å². The molecule has 1 aromatic carbocycles. The first kappa shape index (κ1) is 17.5. The number of aromatic nitrogens is 2. The minimum absolute atomic E-state index is 0.314. The van der Waals surface area contributed by atoms with E-state index in [-0.39, 0.29) is 5.91 Å². The molecule has 1 aromatic heterocycles. The second-order valence-corrected chi connectivity index (χ2v) is 5.08. The molecule has 2 aromatic rings. The second-order valence-electron chi connectivity index (χ2n) is 5.08. The Bertz CT molecular complexity index is 652. The lowest BCUT2D eigenvalue weighted by Crippen LogP contribution is -2.16. The van der Waals surface area contributed by atoms with E-state index in [0.29, 0.717) is 28.7 Å². The molecule has 0 fully saturated rings. The lowest BCUT2D eigenvalue weighted by molar-refractivity contribution is 0.102. The van der Waals surface area contributed by atoms with Gasteiger partial charge in [0.1, 0.15) is 22.9 Å². The first-order valence-corrected chi connectivity index (χ1v) is 7.79. The highest BCUT2D eigenvalue weighted by Crippen LogP contribution is 2.28. The number of methoxy groups -OCH3 is 2. The number of unbranched alkanes of at least 4 members (excludes halogenated alkanes) is 1. The Labute approximate surface area is 141 Å².